The molecule has 0 bridgehead atoms. The zero-order valence-corrected chi connectivity index (χ0v) is 18.1. The second-order valence-electron chi connectivity index (χ2n) is 8.36. The van der Waals surface area contributed by atoms with Crippen LogP contribution in [-0.2, 0) is 16.6 Å². The standard InChI is InChI=1S/C22H25N5O3S/c1-25-10-8-17-14-27(15-20(17)25)31(29,30)19-5-2-16(3-6-19)12-24-22(28)18-4-7-21-23-9-11-26(21)13-18/h2-7,9,11,13,17,20H,8,10,12,14-15H2,1H3,(H,24,28). The van der Waals surface area contributed by atoms with E-state index in [1.165, 1.54) is 0 Å². The molecule has 0 saturated carbocycles. The zero-order valence-electron chi connectivity index (χ0n) is 17.3. The van der Waals surface area contributed by atoms with Gasteiger partial charge in [-0.05, 0) is 55.8 Å². The second-order valence-corrected chi connectivity index (χ2v) is 10.3. The van der Waals surface area contributed by atoms with Crippen LogP contribution in [-0.4, -0.2) is 65.6 Å². The molecule has 2 aliphatic heterocycles. The van der Waals surface area contributed by atoms with Crippen molar-refractivity contribution < 1.29 is 13.2 Å². The first-order chi connectivity index (χ1) is 14.9. The fourth-order valence-electron chi connectivity index (χ4n) is 4.60. The maximum Gasteiger partial charge on any atom is 0.253 e. The number of sulfonamides is 1. The summed E-state index contributed by atoms with van der Waals surface area (Å²) in [5, 5.41) is 2.88. The first-order valence-corrected chi connectivity index (χ1v) is 11.9. The third kappa shape index (κ3) is 3.73. The minimum atomic E-state index is -3.50. The predicted octanol–water partition coefficient (Wildman–Crippen LogP) is 1.59. The smallest absolute Gasteiger partial charge is 0.253 e. The molecule has 3 aromatic rings. The number of carbonyl (C=O) groups is 1. The van der Waals surface area contributed by atoms with Crippen LogP contribution >= 0.6 is 0 Å². The molecule has 2 atom stereocenters. The van der Waals surface area contributed by atoms with E-state index in [0.29, 0.717) is 42.1 Å². The lowest BCUT2D eigenvalue weighted by atomic mass is 10.1. The predicted molar refractivity (Wildman–Crippen MR) is 116 cm³/mol. The Morgan fingerprint density at radius 3 is 2.74 bits per heavy atom. The number of nitrogens with zero attached hydrogens (tertiary/aromatic N) is 4. The molecule has 1 N–H and O–H groups in total. The lowest BCUT2D eigenvalue weighted by molar-refractivity contribution is 0.0950. The van der Waals surface area contributed by atoms with E-state index in [4.69, 9.17) is 0 Å². The summed E-state index contributed by atoms with van der Waals surface area (Å²) in [7, 11) is -1.43. The Labute approximate surface area is 181 Å². The van der Waals surface area contributed by atoms with E-state index < -0.39 is 10.0 Å². The number of hydrogen-bond acceptors (Lipinski definition) is 5. The third-order valence-corrected chi connectivity index (χ3v) is 8.30. The molecule has 1 amide bonds. The van der Waals surface area contributed by atoms with Gasteiger partial charge in [0.1, 0.15) is 5.65 Å². The lowest BCUT2D eigenvalue weighted by Crippen LogP contribution is -2.35. The van der Waals surface area contributed by atoms with Crippen molar-refractivity contribution in [1.29, 1.82) is 0 Å². The molecule has 1 aromatic carbocycles. The highest BCUT2D eigenvalue weighted by molar-refractivity contribution is 7.89. The van der Waals surface area contributed by atoms with E-state index in [2.05, 4.69) is 22.2 Å². The molecule has 2 aromatic heterocycles. The Balaban J connectivity index is 1.23. The van der Waals surface area contributed by atoms with Crippen molar-refractivity contribution in [3.05, 3.63) is 66.1 Å². The number of fused-ring (bicyclic) bond motifs is 2. The molecule has 5 rings (SSSR count). The molecule has 162 valence electrons. The van der Waals surface area contributed by atoms with E-state index in [-0.39, 0.29) is 5.91 Å². The fourth-order valence-corrected chi connectivity index (χ4v) is 6.11. The highest BCUT2D eigenvalue weighted by atomic mass is 32.2. The molecule has 31 heavy (non-hydrogen) atoms. The Kier molecular flexibility index (Phi) is 5.04. The number of amides is 1. The van der Waals surface area contributed by atoms with Gasteiger partial charge >= 0.3 is 0 Å². The Morgan fingerprint density at radius 2 is 1.97 bits per heavy atom. The SMILES string of the molecule is CN1CCC2CN(S(=O)(=O)c3ccc(CNC(=O)c4ccc5nccn5c4)cc3)CC21. The summed E-state index contributed by atoms with van der Waals surface area (Å²) in [4.78, 5) is 19.2. The van der Waals surface area contributed by atoms with Crippen molar-refractivity contribution in [2.75, 3.05) is 26.7 Å². The molecule has 2 unspecified atom stereocenters. The van der Waals surface area contributed by atoms with Crippen molar-refractivity contribution in [1.82, 2.24) is 23.9 Å². The molecule has 9 heteroatoms. The van der Waals surface area contributed by atoms with Crippen LogP contribution in [0.3, 0.4) is 0 Å². The first kappa shape index (κ1) is 20.2. The third-order valence-electron chi connectivity index (χ3n) is 6.46. The number of aromatic nitrogens is 2. The van der Waals surface area contributed by atoms with Crippen molar-refractivity contribution in [3.8, 4) is 0 Å². The molecule has 0 spiro atoms. The molecule has 0 aliphatic carbocycles. The molecule has 2 fully saturated rings. The average Bonchev–Trinajstić information content (AvgIpc) is 3.49. The molecule has 8 nitrogen and oxygen atoms in total. The topological polar surface area (TPSA) is 87.0 Å². The zero-order chi connectivity index (χ0) is 21.6. The monoisotopic (exact) mass is 439 g/mol. The van der Waals surface area contributed by atoms with Crippen LogP contribution in [0.4, 0.5) is 0 Å². The summed E-state index contributed by atoms with van der Waals surface area (Å²) < 4.78 is 29.5. The number of carbonyl (C=O) groups excluding carboxylic acids is 1. The largest absolute Gasteiger partial charge is 0.348 e. The number of benzene rings is 1. The fraction of sp³-hybridized carbons (Fsp3) is 0.364. The minimum Gasteiger partial charge on any atom is -0.348 e. The summed E-state index contributed by atoms with van der Waals surface area (Å²) in [6.45, 7) is 2.51. The van der Waals surface area contributed by atoms with Crippen molar-refractivity contribution >= 4 is 21.6 Å². The molecule has 2 aliphatic rings. The van der Waals surface area contributed by atoms with Gasteiger partial charge in [-0.2, -0.15) is 4.31 Å². The summed E-state index contributed by atoms with van der Waals surface area (Å²) in [6, 6.07) is 10.6. The van der Waals surface area contributed by atoms with Crippen LogP contribution in [0.1, 0.15) is 22.3 Å². The minimum absolute atomic E-state index is 0.194. The van der Waals surface area contributed by atoms with Crippen LogP contribution in [0.2, 0.25) is 0 Å². The van der Waals surface area contributed by atoms with Gasteiger partial charge in [0, 0.05) is 44.3 Å². The summed E-state index contributed by atoms with van der Waals surface area (Å²) in [5.74, 6) is 0.232. The van der Waals surface area contributed by atoms with Gasteiger partial charge in [-0.1, -0.05) is 12.1 Å². The Morgan fingerprint density at radius 1 is 1.16 bits per heavy atom. The summed E-state index contributed by atoms with van der Waals surface area (Å²) >= 11 is 0. The van der Waals surface area contributed by atoms with E-state index in [1.54, 1.807) is 63.7 Å². The number of rotatable bonds is 5. The second kappa shape index (κ2) is 7.74. The van der Waals surface area contributed by atoms with Crippen molar-refractivity contribution in [3.63, 3.8) is 0 Å². The highest BCUT2D eigenvalue weighted by Gasteiger charge is 2.43. The van der Waals surface area contributed by atoms with E-state index >= 15 is 0 Å². The lowest BCUT2D eigenvalue weighted by Gasteiger charge is -2.20. The van der Waals surface area contributed by atoms with Gasteiger partial charge < -0.3 is 14.6 Å². The Hall–Kier alpha value is -2.75. The number of likely N-dealkylation sites (N-methyl/N-ethyl adjacent to an activating group) is 1. The van der Waals surface area contributed by atoms with E-state index in [1.807, 2.05) is 0 Å². The molecule has 0 radical (unpaired) electrons. The molecular formula is C22H25N5O3S. The first-order valence-electron chi connectivity index (χ1n) is 10.4. The molecule has 4 heterocycles. The van der Waals surface area contributed by atoms with Gasteiger partial charge in [-0.3, -0.25) is 4.79 Å². The van der Waals surface area contributed by atoms with Gasteiger partial charge in [-0.15, -0.1) is 0 Å². The maximum atomic E-state index is 13.0. The van der Waals surface area contributed by atoms with Crippen molar-refractivity contribution in [2.45, 2.75) is 23.9 Å². The van der Waals surface area contributed by atoms with Gasteiger partial charge in [0.2, 0.25) is 10.0 Å². The number of hydrogen-bond donors (Lipinski definition) is 1. The van der Waals surface area contributed by atoms with Crippen molar-refractivity contribution in [2.24, 2.45) is 5.92 Å². The average molecular weight is 440 g/mol. The molecule has 2 saturated heterocycles. The van der Waals surface area contributed by atoms with Crippen LogP contribution < -0.4 is 5.32 Å². The highest BCUT2D eigenvalue weighted by Crippen LogP contribution is 2.33. The number of likely N-dealkylation sites (tertiary alicyclic amines) is 1. The Bertz CT molecular complexity index is 1220. The van der Waals surface area contributed by atoms with Crippen LogP contribution in [0.15, 0.2) is 59.9 Å². The molecular weight excluding hydrogens is 414 g/mol. The maximum absolute atomic E-state index is 13.0. The van der Waals surface area contributed by atoms with Gasteiger partial charge in [0.25, 0.3) is 5.91 Å². The van der Waals surface area contributed by atoms with E-state index in [0.717, 1.165) is 24.2 Å². The number of pyridine rings is 1. The summed E-state index contributed by atoms with van der Waals surface area (Å²) in [5.41, 5.74) is 2.16. The van der Waals surface area contributed by atoms with Gasteiger partial charge in [0.15, 0.2) is 0 Å². The summed E-state index contributed by atoms with van der Waals surface area (Å²) in [6.07, 6.45) is 6.26. The van der Waals surface area contributed by atoms with Gasteiger partial charge in [-0.25, -0.2) is 13.4 Å². The number of nitrogens with one attached hydrogen (secondary N) is 1. The van der Waals surface area contributed by atoms with Gasteiger partial charge in [0.05, 0.1) is 10.5 Å². The van der Waals surface area contributed by atoms with Crippen LogP contribution in [0, 0.1) is 5.92 Å². The van der Waals surface area contributed by atoms with Crippen LogP contribution in [0.5, 0.6) is 0 Å². The number of imidazole rings is 1. The normalized spacial score (nSPS) is 22.1. The van der Waals surface area contributed by atoms with Crippen LogP contribution in [0.25, 0.3) is 5.65 Å². The quantitative estimate of drug-likeness (QED) is 0.652. The van der Waals surface area contributed by atoms with E-state index in [9.17, 15) is 13.2 Å².